The summed E-state index contributed by atoms with van der Waals surface area (Å²) in [5.41, 5.74) is 5.06. The van der Waals surface area contributed by atoms with E-state index in [0.29, 0.717) is 22.3 Å². The highest BCUT2D eigenvalue weighted by atomic mass is 32.1. The summed E-state index contributed by atoms with van der Waals surface area (Å²) >= 11 is 6.74. The van der Waals surface area contributed by atoms with Crippen molar-refractivity contribution in [3.8, 4) is 28.4 Å². The molecule has 0 atom stereocenters. The number of nitrogens with zero attached hydrogens (tertiary/aromatic N) is 3. The first-order valence-electron chi connectivity index (χ1n) is 10.2. The van der Waals surface area contributed by atoms with Gasteiger partial charge in [0.05, 0.1) is 12.3 Å². The summed E-state index contributed by atoms with van der Waals surface area (Å²) in [7, 11) is 0. The van der Waals surface area contributed by atoms with Crippen molar-refractivity contribution in [2.75, 3.05) is 11.9 Å². The zero-order chi connectivity index (χ0) is 22.7. The van der Waals surface area contributed by atoms with Crippen LogP contribution in [0.2, 0.25) is 0 Å². The van der Waals surface area contributed by atoms with Crippen LogP contribution in [0.25, 0.3) is 22.6 Å². The number of aryl methyl sites for hydroxylation is 2. The smallest absolute Gasteiger partial charge is 0.246 e. The summed E-state index contributed by atoms with van der Waals surface area (Å²) in [5.74, 6) is 1.14. The van der Waals surface area contributed by atoms with Crippen LogP contribution >= 0.6 is 23.6 Å². The molecule has 0 fully saturated rings. The van der Waals surface area contributed by atoms with Gasteiger partial charge < -0.3 is 10.1 Å². The number of rotatable bonds is 7. The number of benzene rings is 2. The summed E-state index contributed by atoms with van der Waals surface area (Å²) in [6, 6.07) is 13.8. The monoisotopic (exact) mass is 465 g/mol. The number of aromatic amines is 1. The SMILES string of the molecule is CCOc1ccc(-c2n[nH]c(=S)n2CC(=O)Nc2nc(-c3cc(C)ccc3C)cs2)cc1. The molecular formula is C23H23N5O2S2. The summed E-state index contributed by atoms with van der Waals surface area (Å²) < 4.78 is 7.53. The Bertz CT molecular complexity index is 1300. The molecule has 0 saturated carbocycles. The molecule has 4 rings (SSSR count). The fourth-order valence-electron chi connectivity index (χ4n) is 3.32. The molecule has 32 heavy (non-hydrogen) atoms. The van der Waals surface area contributed by atoms with Crippen molar-refractivity contribution in [3.05, 3.63) is 63.7 Å². The highest BCUT2D eigenvalue weighted by molar-refractivity contribution is 7.71. The lowest BCUT2D eigenvalue weighted by Gasteiger charge is -2.08. The Morgan fingerprint density at radius 2 is 2.00 bits per heavy atom. The highest BCUT2D eigenvalue weighted by Crippen LogP contribution is 2.28. The molecule has 2 heterocycles. The standard InChI is InChI=1S/C23H23N5O2S2/c1-4-30-17-9-7-16(8-10-17)21-26-27-23(31)28(21)12-20(29)25-22-24-19(13-32-22)18-11-14(2)5-6-15(18)3/h5-11,13H,4,12H2,1-3H3,(H,27,31)(H,24,25,29). The average Bonchev–Trinajstić information content (AvgIpc) is 3.38. The number of nitrogens with one attached hydrogen (secondary N) is 2. The Balaban J connectivity index is 1.50. The van der Waals surface area contributed by atoms with E-state index in [9.17, 15) is 4.79 Å². The Morgan fingerprint density at radius 3 is 2.75 bits per heavy atom. The number of amides is 1. The minimum Gasteiger partial charge on any atom is -0.494 e. The molecule has 1 amide bonds. The van der Waals surface area contributed by atoms with E-state index in [0.717, 1.165) is 28.1 Å². The molecule has 9 heteroatoms. The van der Waals surface area contributed by atoms with Gasteiger partial charge in [0, 0.05) is 16.5 Å². The zero-order valence-corrected chi connectivity index (χ0v) is 19.6. The van der Waals surface area contributed by atoms with Crippen LogP contribution < -0.4 is 10.1 Å². The van der Waals surface area contributed by atoms with Gasteiger partial charge in [-0.25, -0.2) is 4.98 Å². The number of carbonyl (C=O) groups excluding carboxylic acids is 1. The topological polar surface area (TPSA) is 84.8 Å². The molecule has 0 saturated heterocycles. The number of thiazole rings is 1. The van der Waals surface area contributed by atoms with Crippen LogP contribution in [0.15, 0.2) is 47.8 Å². The molecule has 0 aliphatic carbocycles. The van der Waals surface area contributed by atoms with Gasteiger partial charge in [-0.3, -0.25) is 14.5 Å². The van der Waals surface area contributed by atoms with Gasteiger partial charge >= 0.3 is 0 Å². The molecule has 2 N–H and O–H groups in total. The van der Waals surface area contributed by atoms with Crippen molar-refractivity contribution in [1.82, 2.24) is 19.7 Å². The number of carbonyl (C=O) groups is 1. The minimum atomic E-state index is -0.225. The number of H-pyrrole nitrogens is 1. The van der Waals surface area contributed by atoms with E-state index < -0.39 is 0 Å². The van der Waals surface area contributed by atoms with Gasteiger partial charge in [0.1, 0.15) is 12.3 Å². The predicted octanol–water partition coefficient (Wildman–Crippen LogP) is 5.39. The Morgan fingerprint density at radius 1 is 1.22 bits per heavy atom. The van der Waals surface area contributed by atoms with Crippen LogP contribution in [0.1, 0.15) is 18.1 Å². The van der Waals surface area contributed by atoms with Crippen LogP contribution in [0.4, 0.5) is 5.13 Å². The average molecular weight is 466 g/mol. The second-order valence-electron chi connectivity index (χ2n) is 7.30. The fraction of sp³-hybridized carbons (Fsp3) is 0.217. The molecule has 4 aromatic rings. The Hall–Kier alpha value is -3.30. The molecule has 0 aliphatic heterocycles. The first-order valence-corrected chi connectivity index (χ1v) is 11.4. The summed E-state index contributed by atoms with van der Waals surface area (Å²) in [6.07, 6.45) is 0. The molecule has 0 radical (unpaired) electrons. The quantitative estimate of drug-likeness (QED) is 0.358. The second-order valence-corrected chi connectivity index (χ2v) is 8.55. The van der Waals surface area contributed by atoms with Crippen molar-refractivity contribution < 1.29 is 9.53 Å². The summed E-state index contributed by atoms with van der Waals surface area (Å²) in [5, 5.41) is 12.4. The first-order chi connectivity index (χ1) is 15.4. The van der Waals surface area contributed by atoms with Gasteiger partial charge in [-0.1, -0.05) is 17.7 Å². The van der Waals surface area contributed by atoms with Crippen molar-refractivity contribution in [2.45, 2.75) is 27.3 Å². The van der Waals surface area contributed by atoms with Gasteiger partial charge in [0.2, 0.25) is 5.91 Å². The number of hydrogen-bond donors (Lipinski definition) is 2. The lowest BCUT2D eigenvalue weighted by Crippen LogP contribution is -2.19. The lowest BCUT2D eigenvalue weighted by molar-refractivity contribution is -0.116. The molecule has 2 aromatic carbocycles. The number of aromatic nitrogens is 4. The van der Waals surface area contributed by atoms with E-state index in [1.807, 2.05) is 36.6 Å². The molecule has 7 nitrogen and oxygen atoms in total. The predicted molar refractivity (Wildman–Crippen MR) is 130 cm³/mol. The molecular weight excluding hydrogens is 442 g/mol. The van der Waals surface area contributed by atoms with E-state index in [4.69, 9.17) is 17.0 Å². The van der Waals surface area contributed by atoms with Gasteiger partial charge in [0.25, 0.3) is 0 Å². The van der Waals surface area contributed by atoms with Crippen LogP contribution in [0.5, 0.6) is 5.75 Å². The van der Waals surface area contributed by atoms with E-state index in [2.05, 4.69) is 52.5 Å². The number of anilines is 1. The van der Waals surface area contributed by atoms with Crippen molar-refractivity contribution in [1.29, 1.82) is 0 Å². The molecule has 2 aromatic heterocycles. The lowest BCUT2D eigenvalue weighted by atomic mass is 10.0. The normalized spacial score (nSPS) is 10.8. The van der Waals surface area contributed by atoms with Gasteiger partial charge in [-0.05, 0) is 68.9 Å². The third-order valence-corrected chi connectivity index (χ3v) is 5.97. The molecule has 0 aliphatic rings. The maximum atomic E-state index is 12.7. The van der Waals surface area contributed by atoms with Gasteiger partial charge in [0.15, 0.2) is 15.7 Å². The second kappa shape index (κ2) is 9.46. The zero-order valence-electron chi connectivity index (χ0n) is 18.0. The van der Waals surface area contributed by atoms with Crippen molar-refractivity contribution in [2.24, 2.45) is 0 Å². The minimum absolute atomic E-state index is 0.0241. The van der Waals surface area contributed by atoms with Crippen LogP contribution in [0.3, 0.4) is 0 Å². The van der Waals surface area contributed by atoms with E-state index in [-0.39, 0.29) is 12.5 Å². The van der Waals surface area contributed by atoms with E-state index in [1.165, 1.54) is 16.9 Å². The van der Waals surface area contributed by atoms with Gasteiger partial charge in [-0.2, -0.15) is 5.10 Å². The van der Waals surface area contributed by atoms with Crippen molar-refractivity contribution in [3.63, 3.8) is 0 Å². The first kappa shape index (κ1) is 21.9. The number of ether oxygens (including phenoxy) is 1. The van der Waals surface area contributed by atoms with Crippen molar-refractivity contribution >= 4 is 34.6 Å². The van der Waals surface area contributed by atoms with Crippen LogP contribution in [0, 0.1) is 18.6 Å². The third-order valence-electron chi connectivity index (χ3n) is 4.90. The van der Waals surface area contributed by atoms with Crippen LogP contribution in [-0.2, 0) is 11.3 Å². The third kappa shape index (κ3) is 4.79. The maximum absolute atomic E-state index is 12.7. The van der Waals surface area contributed by atoms with Crippen LogP contribution in [-0.4, -0.2) is 32.3 Å². The maximum Gasteiger partial charge on any atom is 0.246 e. The molecule has 0 spiro atoms. The van der Waals surface area contributed by atoms with Gasteiger partial charge in [-0.15, -0.1) is 11.3 Å². The molecule has 164 valence electrons. The molecule has 0 bridgehead atoms. The van der Waals surface area contributed by atoms with E-state index >= 15 is 0 Å². The Kier molecular flexibility index (Phi) is 6.48. The largest absolute Gasteiger partial charge is 0.494 e. The summed E-state index contributed by atoms with van der Waals surface area (Å²) in [4.78, 5) is 17.3. The van der Waals surface area contributed by atoms with E-state index in [1.54, 1.807) is 4.57 Å². The fourth-order valence-corrected chi connectivity index (χ4v) is 4.24. The molecule has 0 unspecified atom stereocenters. The Labute approximate surface area is 195 Å². The number of hydrogen-bond acceptors (Lipinski definition) is 6. The highest BCUT2D eigenvalue weighted by Gasteiger charge is 2.15. The summed E-state index contributed by atoms with van der Waals surface area (Å²) in [6.45, 7) is 6.66.